The molecule has 9 heteroatoms. The SMILES string of the molecule is COc1cccc(F)c1-c1nccc2c1CN(c1cc(C)cc(N[C@H]3CN[C@@H](CO)C3)n1)C2=O. The highest BCUT2D eigenvalue weighted by molar-refractivity contribution is 6.10. The van der Waals surface area contributed by atoms with Crippen LogP contribution in [0.5, 0.6) is 5.75 Å². The lowest BCUT2D eigenvalue weighted by molar-refractivity contribution is 0.0996. The van der Waals surface area contributed by atoms with Crippen molar-refractivity contribution in [2.75, 3.05) is 30.5 Å². The number of pyridine rings is 2. The second-order valence-corrected chi connectivity index (χ2v) is 8.65. The van der Waals surface area contributed by atoms with Gasteiger partial charge in [0.2, 0.25) is 0 Å². The Balaban J connectivity index is 1.47. The highest BCUT2D eigenvalue weighted by Crippen LogP contribution is 2.38. The number of hydrogen-bond donors (Lipinski definition) is 3. The van der Waals surface area contributed by atoms with Crippen molar-refractivity contribution in [1.29, 1.82) is 0 Å². The van der Waals surface area contributed by atoms with Crippen LogP contribution in [0.25, 0.3) is 11.3 Å². The van der Waals surface area contributed by atoms with E-state index in [0.29, 0.717) is 34.2 Å². The fourth-order valence-electron chi connectivity index (χ4n) is 4.67. The molecule has 1 aromatic carbocycles. The number of aliphatic hydroxyl groups is 1. The molecule has 2 aliphatic heterocycles. The number of fused-ring (bicyclic) bond motifs is 1. The van der Waals surface area contributed by atoms with Crippen molar-refractivity contribution in [1.82, 2.24) is 15.3 Å². The van der Waals surface area contributed by atoms with Gasteiger partial charge in [-0.05, 0) is 49.2 Å². The molecule has 4 heterocycles. The van der Waals surface area contributed by atoms with Gasteiger partial charge in [0.05, 0.1) is 31.5 Å². The Morgan fingerprint density at radius 1 is 1.32 bits per heavy atom. The fraction of sp³-hybridized carbons (Fsp3) is 0.320. The number of benzene rings is 1. The van der Waals surface area contributed by atoms with Crippen LogP contribution >= 0.6 is 0 Å². The van der Waals surface area contributed by atoms with Crippen molar-refractivity contribution in [2.24, 2.45) is 0 Å². The summed E-state index contributed by atoms with van der Waals surface area (Å²) < 4.78 is 20.2. The third kappa shape index (κ3) is 3.97. The lowest BCUT2D eigenvalue weighted by atomic mass is 10.0. The highest BCUT2D eigenvalue weighted by atomic mass is 19.1. The number of nitrogens with zero attached hydrogens (tertiary/aromatic N) is 3. The number of carbonyl (C=O) groups excluding carboxylic acids is 1. The Bertz CT molecular complexity index is 1250. The van der Waals surface area contributed by atoms with Crippen LogP contribution in [0, 0.1) is 12.7 Å². The van der Waals surface area contributed by atoms with E-state index in [4.69, 9.17) is 9.72 Å². The van der Waals surface area contributed by atoms with E-state index in [1.54, 1.807) is 23.1 Å². The van der Waals surface area contributed by atoms with Crippen molar-refractivity contribution in [3.8, 4) is 17.0 Å². The molecule has 176 valence electrons. The number of aryl methyl sites for hydroxylation is 1. The molecule has 1 amide bonds. The van der Waals surface area contributed by atoms with Crippen molar-refractivity contribution in [3.63, 3.8) is 0 Å². The molecule has 34 heavy (non-hydrogen) atoms. The topological polar surface area (TPSA) is 99.6 Å². The zero-order valence-electron chi connectivity index (χ0n) is 19.0. The number of ether oxygens (including phenoxy) is 1. The summed E-state index contributed by atoms with van der Waals surface area (Å²) in [6, 6.07) is 10.2. The monoisotopic (exact) mass is 463 g/mol. The average molecular weight is 464 g/mol. The maximum Gasteiger partial charge on any atom is 0.260 e. The number of halogens is 1. The predicted octanol–water partition coefficient (Wildman–Crippen LogP) is 2.89. The number of carbonyl (C=O) groups is 1. The third-order valence-corrected chi connectivity index (χ3v) is 6.31. The van der Waals surface area contributed by atoms with Gasteiger partial charge < -0.3 is 20.5 Å². The largest absolute Gasteiger partial charge is 0.496 e. The van der Waals surface area contributed by atoms with Gasteiger partial charge in [-0.15, -0.1) is 0 Å². The molecule has 1 saturated heterocycles. The number of aromatic nitrogens is 2. The molecule has 0 bridgehead atoms. The molecule has 0 spiro atoms. The molecule has 3 N–H and O–H groups in total. The molecule has 5 rings (SSSR count). The van der Waals surface area contributed by atoms with Gasteiger partial charge in [-0.25, -0.2) is 9.37 Å². The number of rotatable bonds is 6. The van der Waals surface area contributed by atoms with E-state index in [1.165, 1.54) is 19.4 Å². The summed E-state index contributed by atoms with van der Waals surface area (Å²) >= 11 is 0. The van der Waals surface area contributed by atoms with Gasteiger partial charge in [0, 0.05) is 36.0 Å². The Morgan fingerprint density at radius 2 is 2.18 bits per heavy atom. The molecule has 0 aliphatic carbocycles. The van der Waals surface area contributed by atoms with Gasteiger partial charge in [-0.2, -0.15) is 0 Å². The molecule has 2 aromatic heterocycles. The summed E-state index contributed by atoms with van der Waals surface area (Å²) in [5.41, 5.74) is 2.69. The summed E-state index contributed by atoms with van der Waals surface area (Å²) in [5.74, 6) is 0.870. The second-order valence-electron chi connectivity index (χ2n) is 8.65. The van der Waals surface area contributed by atoms with Gasteiger partial charge >= 0.3 is 0 Å². The molecular weight excluding hydrogens is 437 g/mol. The van der Waals surface area contributed by atoms with Gasteiger partial charge in [-0.3, -0.25) is 14.7 Å². The number of anilines is 2. The van der Waals surface area contributed by atoms with Crippen LogP contribution in [-0.4, -0.2) is 53.3 Å². The van der Waals surface area contributed by atoms with Crippen molar-refractivity contribution in [3.05, 3.63) is 65.1 Å². The van der Waals surface area contributed by atoms with Crippen LogP contribution in [0.2, 0.25) is 0 Å². The first-order valence-corrected chi connectivity index (χ1v) is 11.2. The van der Waals surface area contributed by atoms with Crippen LogP contribution < -0.4 is 20.3 Å². The maximum atomic E-state index is 14.8. The molecule has 2 atom stereocenters. The van der Waals surface area contributed by atoms with Crippen LogP contribution in [0.1, 0.15) is 27.9 Å². The number of methoxy groups -OCH3 is 1. The lowest BCUT2D eigenvalue weighted by Crippen LogP contribution is -2.26. The Labute approximate surface area is 196 Å². The Kier molecular flexibility index (Phi) is 5.89. The molecule has 3 aromatic rings. The van der Waals surface area contributed by atoms with E-state index in [1.807, 2.05) is 19.1 Å². The first kappa shape index (κ1) is 22.2. The molecule has 1 fully saturated rings. The van der Waals surface area contributed by atoms with E-state index < -0.39 is 5.82 Å². The van der Waals surface area contributed by atoms with Crippen LogP contribution in [0.4, 0.5) is 16.0 Å². The van der Waals surface area contributed by atoms with E-state index in [2.05, 4.69) is 15.6 Å². The van der Waals surface area contributed by atoms with Gasteiger partial charge in [0.25, 0.3) is 5.91 Å². The third-order valence-electron chi connectivity index (χ3n) is 6.31. The molecule has 0 unspecified atom stereocenters. The summed E-state index contributed by atoms with van der Waals surface area (Å²) in [6.45, 7) is 2.99. The van der Waals surface area contributed by atoms with E-state index in [9.17, 15) is 14.3 Å². The Hall–Kier alpha value is -3.56. The van der Waals surface area contributed by atoms with E-state index >= 15 is 0 Å². The van der Waals surface area contributed by atoms with Crippen LogP contribution in [-0.2, 0) is 6.54 Å². The van der Waals surface area contributed by atoms with E-state index in [-0.39, 0.29) is 36.7 Å². The summed E-state index contributed by atoms with van der Waals surface area (Å²) in [7, 11) is 1.48. The molecule has 8 nitrogen and oxygen atoms in total. The zero-order chi connectivity index (χ0) is 23.8. The first-order valence-electron chi connectivity index (χ1n) is 11.2. The average Bonchev–Trinajstić information content (AvgIpc) is 3.42. The predicted molar refractivity (Wildman–Crippen MR) is 127 cm³/mol. The molecular formula is C25H26FN5O3. The number of nitrogens with one attached hydrogen (secondary N) is 2. The normalized spacial score (nSPS) is 19.4. The quantitative estimate of drug-likeness (QED) is 0.517. The van der Waals surface area contributed by atoms with Crippen molar-refractivity contribution >= 4 is 17.5 Å². The standard InChI is InChI=1S/C25H26FN5O3/c1-14-8-21(29-15-10-16(13-32)28-11-15)30-22(9-14)31-12-18-17(25(31)33)6-7-27-24(18)23-19(26)4-3-5-20(23)34-2/h3-9,15-16,28,32H,10-13H2,1-2H3,(H,29,30)/t15-,16-/m1/s1. The van der Waals surface area contributed by atoms with Gasteiger partial charge in [-0.1, -0.05) is 6.07 Å². The summed E-state index contributed by atoms with van der Waals surface area (Å²) in [6.07, 6.45) is 2.30. The number of hydrogen-bond acceptors (Lipinski definition) is 7. The minimum atomic E-state index is -0.460. The lowest BCUT2D eigenvalue weighted by Gasteiger charge is -2.19. The maximum absolute atomic E-state index is 14.8. The van der Waals surface area contributed by atoms with Gasteiger partial charge in [0.15, 0.2) is 0 Å². The van der Waals surface area contributed by atoms with Gasteiger partial charge in [0.1, 0.15) is 23.2 Å². The fourth-order valence-corrected chi connectivity index (χ4v) is 4.67. The summed E-state index contributed by atoms with van der Waals surface area (Å²) in [4.78, 5) is 24.0. The smallest absolute Gasteiger partial charge is 0.260 e. The number of aliphatic hydroxyl groups excluding tert-OH is 1. The minimum absolute atomic E-state index is 0.0673. The first-order chi connectivity index (χ1) is 16.5. The van der Waals surface area contributed by atoms with Crippen molar-refractivity contribution in [2.45, 2.75) is 32.0 Å². The number of amides is 1. The molecule has 0 saturated carbocycles. The second kappa shape index (κ2) is 9.00. The zero-order valence-corrected chi connectivity index (χ0v) is 19.0. The Morgan fingerprint density at radius 3 is 2.94 bits per heavy atom. The van der Waals surface area contributed by atoms with Crippen LogP contribution in [0.3, 0.4) is 0 Å². The molecule has 2 aliphatic rings. The highest BCUT2D eigenvalue weighted by Gasteiger charge is 2.34. The van der Waals surface area contributed by atoms with Crippen molar-refractivity contribution < 1.29 is 19.0 Å². The minimum Gasteiger partial charge on any atom is -0.496 e. The summed E-state index contributed by atoms with van der Waals surface area (Å²) in [5, 5.41) is 16.0. The van der Waals surface area contributed by atoms with E-state index in [0.717, 1.165) is 18.5 Å². The molecule has 0 radical (unpaired) electrons. The van der Waals surface area contributed by atoms with Crippen LogP contribution in [0.15, 0.2) is 42.6 Å².